The molecule has 8 heteroatoms. The first-order valence-corrected chi connectivity index (χ1v) is 8.88. The molecule has 0 radical (unpaired) electrons. The Hall–Kier alpha value is -2.64. The molecular formula is C18H16ClN3O3S. The minimum Gasteiger partial charge on any atom is -0.497 e. The Balaban J connectivity index is 1.70. The van der Waals surface area contributed by atoms with Crippen LogP contribution in [0.4, 0.5) is 5.13 Å². The summed E-state index contributed by atoms with van der Waals surface area (Å²) in [6.07, 6.45) is 0.623. The van der Waals surface area contributed by atoms with Gasteiger partial charge in [0, 0.05) is 11.4 Å². The normalized spacial score (nSPS) is 10.4. The van der Waals surface area contributed by atoms with Crippen LogP contribution < -0.4 is 14.8 Å². The van der Waals surface area contributed by atoms with Crippen molar-refractivity contribution in [2.45, 2.75) is 6.42 Å². The van der Waals surface area contributed by atoms with Crippen LogP contribution in [0.3, 0.4) is 0 Å². The van der Waals surface area contributed by atoms with Gasteiger partial charge in [0.2, 0.25) is 5.13 Å². The standard InChI is InChI=1S/C18H16ClN3O3S/c1-24-13-6-3-11(4-7-13)9-16-21-22-18(26-16)20-17(23)14-10-12(19)5-8-15(14)25-2/h3-8,10H,9H2,1-2H3,(H,20,22,23). The molecule has 0 unspecified atom stereocenters. The number of aromatic nitrogens is 2. The van der Waals surface area contributed by atoms with Crippen LogP contribution in [-0.4, -0.2) is 30.3 Å². The molecule has 0 aliphatic carbocycles. The zero-order chi connectivity index (χ0) is 18.5. The lowest BCUT2D eigenvalue weighted by atomic mass is 10.1. The van der Waals surface area contributed by atoms with E-state index in [1.54, 1.807) is 25.3 Å². The predicted molar refractivity (Wildman–Crippen MR) is 102 cm³/mol. The van der Waals surface area contributed by atoms with Gasteiger partial charge in [-0.1, -0.05) is 35.1 Å². The van der Waals surface area contributed by atoms with E-state index in [4.69, 9.17) is 21.1 Å². The van der Waals surface area contributed by atoms with Gasteiger partial charge in [0.15, 0.2) is 0 Å². The highest BCUT2D eigenvalue weighted by atomic mass is 35.5. The van der Waals surface area contributed by atoms with E-state index in [0.717, 1.165) is 16.3 Å². The second-order valence-electron chi connectivity index (χ2n) is 5.32. The van der Waals surface area contributed by atoms with Gasteiger partial charge in [0.25, 0.3) is 5.91 Å². The van der Waals surface area contributed by atoms with Crippen LogP contribution >= 0.6 is 22.9 Å². The molecule has 0 saturated carbocycles. The van der Waals surface area contributed by atoms with Crippen LogP contribution in [0.1, 0.15) is 20.9 Å². The number of amides is 1. The molecule has 1 amide bonds. The second-order valence-corrected chi connectivity index (χ2v) is 6.82. The highest BCUT2D eigenvalue weighted by molar-refractivity contribution is 7.15. The van der Waals surface area contributed by atoms with Crippen molar-refractivity contribution in [1.82, 2.24) is 10.2 Å². The molecule has 0 saturated heterocycles. The molecule has 0 aliphatic heterocycles. The van der Waals surface area contributed by atoms with Crippen molar-refractivity contribution >= 4 is 34.0 Å². The molecule has 0 aliphatic rings. The van der Waals surface area contributed by atoms with E-state index < -0.39 is 0 Å². The highest BCUT2D eigenvalue weighted by Crippen LogP contribution is 2.25. The first-order chi connectivity index (χ1) is 12.6. The molecule has 3 aromatic rings. The number of anilines is 1. The van der Waals surface area contributed by atoms with Crippen LogP contribution in [0.15, 0.2) is 42.5 Å². The Kier molecular flexibility index (Phi) is 5.70. The number of nitrogens with zero attached hydrogens (tertiary/aromatic N) is 2. The minimum atomic E-state index is -0.350. The highest BCUT2D eigenvalue weighted by Gasteiger charge is 2.15. The summed E-state index contributed by atoms with van der Waals surface area (Å²) in [7, 11) is 3.13. The minimum absolute atomic E-state index is 0.340. The maximum Gasteiger partial charge on any atom is 0.261 e. The van der Waals surface area contributed by atoms with E-state index in [0.29, 0.717) is 27.9 Å². The number of carbonyl (C=O) groups excluding carboxylic acids is 1. The quantitative estimate of drug-likeness (QED) is 0.688. The number of carbonyl (C=O) groups is 1. The van der Waals surface area contributed by atoms with Crippen LogP contribution in [-0.2, 0) is 6.42 Å². The Labute approximate surface area is 159 Å². The monoisotopic (exact) mass is 389 g/mol. The fourth-order valence-electron chi connectivity index (χ4n) is 2.32. The predicted octanol–water partition coefficient (Wildman–Crippen LogP) is 4.05. The maximum absolute atomic E-state index is 12.5. The Morgan fingerprint density at radius 1 is 1.12 bits per heavy atom. The lowest BCUT2D eigenvalue weighted by molar-refractivity contribution is 0.102. The first-order valence-electron chi connectivity index (χ1n) is 7.69. The molecule has 1 N–H and O–H groups in total. The average molecular weight is 390 g/mol. The molecule has 0 fully saturated rings. The number of nitrogens with one attached hydrogen (secondary N) is 1. The van der Waals surface area contributed by atoms with Gasteiger partial charge < -0.3 is 9.47 Å². The lowest BCUT2D eigenvalue weighted by Crippen LogP contribution is -2.13. The molecular weight excluding hydrogens is 374 g/mol. The van der Waals surface area contributed by atoms with Gasteiger partial charge in [-0.2, -0.15) is 0 Å². The SMILES string of the molecule is COc1ccc(Cc2nnc(NC(=O)c3cc(Cl)ccc3OC)s2)cc1. The van der Waals surface area contributed by atoms with Crippen molar-refractivity contribution in [3.05, 3.63) is 63.6 Å². The van der Waals surface area contributed by atoms with Crippen LogP contribution in [0.2, 0.25) is 5.02 Å². The number of hydrogen-bond donors (Lipinski definition) is 1. The molecule has 26 heavy (non-hydrogen) atoms. The van der Waals surface area contributed by atoms with E-state index >= 15 is 0 Å². The molecule has 0 bridgehead atoms. The van der Waals surface area contributed by atoms with Gasteiger partial charge in [-0.25, -0.2) is 0 Å². The summed E-state index contributed by atoms with van der Waals surface area (Å²) in [5.41, 5.74) is 1.42. The summed E-state index contributed by atoms with van der Waals surface area (Å²) < 4.78 is 10.3. The molecule has 0 atom stereocenters. The van der Waals surface area contributed by atoms with E-state index in [1.165, 1.54) is 18.4 Å². The lowest BCUT2D eigenvalue weighted by Gasteiger charge is -2.07. The number of benzene rings is 2. The van der Waals surface area contributed by atoms with Crippen LogP contribution in [0, 0.1) is 0 Å². The zero-order valence-electron chi connectivity index (χ0n) is 14.2. The number of rotatable bonds is 6. The number of hydrogen-bond acceptors (Lipinski definition) is 6. The maximum atomic E-state index is 12.5. The van der Waals surface area contributed by atoms with Gasteiger partial charge in [0.05, 0.1) is 19.8 Å². The van der Waals surface area contributed by atoms with Gasteiger partial charge in [-0.3, -0.25) is 10.1 Å². The molecule has 1 heterocycles. The Morgan fingerprint density at radius 2 is 1.88 bits per heavy atom. The Morgan fingerprint density at radius 3 is 2.58 bits per heavy atom. The average Bonchev–Trinajstić information content (AvgIpc) is 3.09. The van der Waals surface area contributed by atoms with Crippen LogP contribution in [0.25, 0.3) is 0 Å². The van der Waals surface area contributed by atoms with Crippen molar-refractivity contribution in [1.29, 1.82) is 0 Å². The van der Waals surface area contributed by atoms with Crippen molar-refractivity contribution < 1.29 is 14.3 Å². The van der Waals surface area contributed by atoms with Crippen molar-refractivity contribution in [3.8, 4) is 11.5 Å². The number of halogens is 1. The van der Waals surface area contributed by atoms with E-state index in [9.17, 15) is 4.79 Å². The summed E-state index contributed by atoms with van der Waals surface area (Å²) in [5, 5.41) is 12.5. The molecule has 6 nitrogen and oxygen atoms in total. The van der Waals surface area contributed by atoms with E-state index in [-0.39, 0.29) is 5.91 Å². The second kappa shape index (κ2) is 8.16. The fourth-order valence-corrected chi connectivity index (χ4v) is 3.26. The third-order valence-corrected chi connectivity index (χ3v) is 4.68. The summed E-state index contributed by atoms with van der Waals surface area (Å²) in [6, 6.07) is 12.6. The van der Waals surface area contributed by atoms with Crippen molar-refractivity contribution in [2.24, 2.45) is 0 Å². The summed E-state index contributed by atoms with van der Waals surface area (Å²) in [5.74, 6) is 0.890. The third-order valence-electron chi connectivity index (χ3n) is 3.61. The van der Waals surface area contributed by atoms with Crippen LogP contribution in [0.5, 0.6) is 11.5 Å². The summed E-state index contributed by atoms with van der Waals surface area (Å²) in [6.45, 7) is 0. The third kappa shape index (κ3) is 4.30. The molecule has 134 valence electrons. The largest absolute Gasteiger partial charge is 0.497 e. The summed E-state index contributed by atoms with van der Waals surface area (Å²) >= 11 is 7.29. The summed E-state index contributed by atoms with van der Waals surface area (Å²) in [4.78, 5) is 12.5. The molecule has 1 aromatic heterocycles. The van der Waals surface area contributed by atoms with Gasteiger partial charge >= 0.3 is 0 Å². The Bertz CT molecular complexity index is 912. The van der Waals surface area contributed by atoms with Crippen molar-refractivity contribution in [3.63, 3.8) is 0 Å². The molecule has 0 spiro atoms. The van der Waals surface area contributed by atoms with Gasteiger partial charge in [0.1, 0.15) is 16.5 Å². The van der Waals surface area contributed by atoms with E-state index in [2.05, 4.69) is 15.5 Å². The number of ether oxygens (including phenoxy) is 2. The molecule has 2 aromatic carbocycles. The first kappa shape index (κ1) is 18.2. The van der Waals surface area contributed by atoms with Gasteiger partial charge in [-0.15, -0.1) is 10.2 Å². The topological polar surface area (TPSA) is 73.3 Å². The fraction of sp³-hybridized carbons (Fsp3) is 0.167. The van der Waals surface area contributed by atoms with Gasteiger partial charge in [-0.05, 0) is 35.9 Å². The number of methoxy groups -OCH3 is 2. The molecule has 3 rings (SSSR count). The van der Waals surface area contributed by atoms with E-state index in [1.807, 2.05) is 24.3 Å². The smallest absolute Gasteiger partial charge is 0.261 e. The van der Waals surface area contributed by atoms with Crippen molar-refractivity contribution in [2.75, 3.05) is 19.5 Å². The zero-order valence-corrected chi connectivity index (χ0v) is 15.7.